The molecule has 0 aliphatic heterocycles. The van der Waals surface area contributed by atoms with Crippen molar-refractivity contribution in [1.29, 1.82) is 0 Å². The molecule has 1 aromatic rings. The van der Waals surface area contributed by atoms with E-state index in [-0.39, 0.29) is 11.7 Å². The number of carbonyl (C=O) groups is 2. The third-order valence-corrected chi connectivity index (χ3v) is 2.85. The Bertz CT molecular complexity index is 464. The van der Waals surface area contributed by atoms with E-state index in [1.165, 1.54) is 6.92 Å². The molecule has 102 valence electrons. The van der Waals surface area contributed by atoms with Crippen LogP contribution in [0.3, 0.4) is 0 Å². The Morgan fingerprint density at radius 3 is 2.63 bits per heavy atom. The van der Waals surface area contributed by atoms with Gasteiger partial charge in [-0.05, 0) is 37.8 Å². The average Bonchev–Trinajstić information content (AvgIpc) is 2.38. The van der Waals surface area contributed by atoms with Crippen molar-refractivity contribution in [2.45, 2.75) is 33.1 Å². The molecule has 0 aliphatic rings. The van der Waals surface area contributed by atoms with Gasteiger partial charge in [0.2, 0.25) is 5.91 Å². The first-order valence-corrected chi connectivity index (χ1v) is 6.64. The summed E-state index contributed by atoms with van der Waals surface area (Å²) in [5.74, 6) is 0.0589. The molecule has 3 heteroatoms. The summed E-state index contributed by atoms with van der Waals surface area (Å²) in [6.45, 7) is 4.05. The van der Waals surface area contributed by atoms with Crippen LogP contribution in [0.25, 0.3) is 0 Å². The molecule has 19 heavy (non-hydrogen) atoms. The van der Waals surface area contributed by atoms with Gasteiger partial charge in [0.25, 0.3) is 0 Å². The van der Waals surface area contributed by atoms with Crippen molar-refractivity contribution in [3.05, 3.63) is 47.5 Å². The molecule has 1 rings (SSSR count). The minimum Gasteiger partial charge on any atom is -0.356 e. The molecule has 0 atom stereocenters. The zero-order valence-electron chi connectivity index (χ0n) is 11.6. The summed E-state index contributed by atoms with van der Waals surface area (Å²) in [5.41, 5.74) is 1.86. The minimum absolute atomic E-state index is 0.00339. The first-order chi connectivity index (χ1) is 9.15. The lowest BCUT2D eigenvalue weighted by Gasteiger charge is -2.07. The van der Waals surface area contributed by atoms with Gasteiger partial charge in [-0.2, -0.15) is 0 Å². The highest BCUT2D eigenvalue weighted by Crippen LogP contribution is 2.13. The lowest BCUT2D eigenvalue weighted by Crippen LogP contribution is -2.20. The van der Waals surface area contributed by atoms with E-state index in [0.29, 0.717) is 6.54 Å². The molecule has 0 saturated heterocycles. The van der Waals surface area contributed by atoms with Crippen LogP contribution < -0.4 is 5.32 Å². The number of amides is 1. The van der Waals surface area contributed by atoms with Gasteiger partial charge in [0, 0.05) is 19.0 Å². The zero-order chi connectivity index (χ0) is 14.1. The number of allylic oxidation sites excluding steroid dienone is 2. The van der Waals surface area contributed by atoms with Gasteiger partial charge in [-0.1, -0.05) is 30.3 Å². The molecule has 1 aromatic carbocycles. The van der Waals surface area contributed by atoms with E-state index in [1.54, 1.807) is 12.2 Å². The molecule has 0 fully saturated rings. The predicted octanol–water partition coefficient (Wildman–Crippen LogP) is 2.90. The maximum Gasteiger partial charge on any atom is 0.216 e. The van der Waals surface area contributed by atoms with Gasteiger partial charge >= 0.3 is 0 Å². The van der Waals surface area contributed by atoms with Crippen LogP contribution in [0.15, 0.2) is 36.4 Å². The second kappa shape index (κ2) is 8.25. The Labute approximate surface area is 114 Å². The van der Waals surface area contributed by atoms with Gasteiger partial charge < -0.3 is 5.32 Å². The molecule has 1 N–H and O–H groups in total. The lowest BCUT2D eigenvalue weighted by atomic mass is 9.98. The van der Waals surface area contributed by atoms with Gasteiger partial charge in [-0.3, -0.25) is 9.59 Å². The first-order valence-electron chi connectivity index (χ1n) is 6.64. The maximum atomic E-state index is 11.9. The van der Waals surface area contributed by atoms with E-state index >= 15 is 0 Å². The van der Waals surface area contributed by atoms with E-state index < -0.39 is 0 Å². The summed E-state index contributed by atoms with van der Waals surface area (Å²) in [6.07, 6.45) is 6.09. The predicted molar refractivity (Wildman–Crippen MR) is 77.2 cm³/mol. The minimum atomic E-state index is 0.00339. The molecular weight excluding hydrogens is 238 g/mol. The molecule has 0 heterocycles. The lowest BCUT2D eigenvalue weighted by molar-refractivity contribution is -0.118. The molecule has 0 radical (unpaired) electrons. The average molecular weight is 259 g/mol. The van der Waals surface area contributed by atoms with E-state index in [4.69, 9.17) is 0 Å². The summed E-state index contributed by atoms with van der Waals surface area (Å²) >= 11 is 0. The van der Waals surface area contributed by atoms with Crippen LogP contribution in [0.1, 0.15) is 42.6 Å². The Hall–Kier alpha value is -1.90. The molecule has 0 bridgehead atoms. The number of hydrogen-bond donors (Lipinski definition) is 1. The van der Waals surface area contributed by atoms with Gasteiger partial charge in [0.1, 0.15) is 0 Å². The number of rotatable bonds is 7. The van der Waals surface area contributed by atoms with Crippen LogP contribution >= 0.6 is 0 Å². The number of aryl methyl sites for hydroxylation is 1. The highest BCUT2D eigenvalue weighted by atomic mass is 16.1. The third-order valence-electron chi connectivity index (χ3n) is 2.85. The summed E-state index contributed by atoms with van der Waals surface area (Å²) in [4.78, 5) is 22.6. The van der Waals surface area contributed by atoms with E-state index in [2.05, 4.69) is 5.32 Å². The number of carbonyl (C=O) groups excluding carboxylic acids is 2. The molecule has 0 spiro atoms. The molecule has 0 aliphatic carbocycles. The van der Waals surface area contributed by atoms with Crippen molar-refractivity contribution >= 4 is 11.7 Å². The van der Waals surface area contributed by atoms with Crippen molar-refractivity contribution < 1.29 is 9.59 Å². The normalized spacial score (nSPS) is 10.6. The SMILES string of the molecule is CC=CC(=O)c1ccccc1CCCCNC(C)=O. The zero-order valence-corrected chi connectivity index (χ0v) is 11.6. The fraction of sp³-hybridized carbons (Fsp3) is 0.375. The first kappa shape index (κ1) is 15.2. The van der Waals surface area contributed by atoms with E-state index in [1.807, 2.05) is 31.2 Å². The van der Waals surface area contributed by atoms with Gasteiger partial charge in [0.15, 0.2) is 5.78 Å². The van der Waals surface area contributed by atoms with E-state index in [0.717, 1.165) is 30.4 Å². The monoisotopic (exact) mass is 259 g/mol. The number of hydrogen-bond acceptors (Lipinski definition) is 2. The third kappa shape index (κ3) is 5.51. The summed E-state index contributed by atoms with van der Waals surface area (Å²) in [5, 5.41) is 2.77. The van der Waals surface area contributed by atoms with Crippen molar-refractivity contribution in [3.63, 3.8) is 0 Å². The smallest absolute Gasteiger partial charge is 0.216 e. The Morgan fingerprint density at radius 2 is 1.95 bits per heavy atom. The van der Waals surface area contributed by atoms with Crippen molar-refractivity contribution in [2.24, 2.45) is 0 Å². The Kier molecular flexibility index (Phi) is 6.58. The summed E-state index contributed by atoms with van der Waals surface area (Å²) < 4.78 is 0. The van der Waals surface area contributed by atoms with Crippen molar-refractivity contribution in [2.75, 3.05) is 6.54 Å². The molecule has 0 unspecified atom stereocenters. The fourth-order valence-electron chi connectivity index (χ4n) is 1.92. The van der Waals surface area contributed by atoms with E-state index in [9.17, 15) is 9.59 Å². The van der Waals surface area contributed by atoms with Crippen LogP contribution in [0.2, 0.25) is 0 Å². The number of unbranched alkanes of at least 4 members (excludes halogenated alkanes) is 1. The summed E-state index contributed by atoms with van der Waals surface area (Å²) in [7, 11) is 0. The number of ketones is 1. The topological polar surface area (TPSA) is 46.2 Å². The maximum absolute atomic E-state index is 11.9. The Balaban J connectivity index is 2.53. The van der Waals surface area contributed by atoms with Crippen molar-refractivity contribution in [3.8, 4) is 0 Å². The highest BCUT2D eigenvalue weighted by Gasteiger charge is 2.07. The second-order valence-electron chi connectivity index (χ2n) is 4.46. The Morgan fingerprint density at radius 1 is 1.21 bits per heavy atom. The van der Waals surface area contributed by atoms with Gasteiger partial charge in [-0.15, -0.1) is 0 Å². The standard InChI is InChI=1S/C16H21NO2/c1-3-8-16(19)15-11-5-4-9-14(15)10-6-7-12-17-13(2)18/h3-5,8-9,11H,6-7,10,12H2,1-2H3,(H,17,18). The highest BCUT2D eigenvalue weighted by molar-refractivity contribution is 6.05. The molecule has 3 nitrogen and oxygen atoms in total. The quantitative estimate of drug-likeness (QED) is 0.465. The molecule has 0 saturated carbocycles. The summed E-state index contributed by atoms with van der Waals surface area (Å²) in [6, 6.07) is 7.70. The van der Waals surface area contributed by atoms with Crippen LogP contribution in [-0.2, 0) is 11.2 Å². The molecule has 0 aromatic heterocycles. The van der Waals surface area contributed by atoms with Crippen LogP contribution in [0.5, 0.6) is 0 Å². The van der Waals surface area contributed by atoms with Crippen LogP contribution in [-0.4, -0.2) is 18.2 Å². The van der Waals surface area contributed by atoms with Gasteiger partial charge in [0.05, 0.1) is 0 Å². The largest absolute Gasteiger partial charge is 0.356 e. The van der Waals surface area contributed by atoms with Crippen molar-refractivity contribution in [1.82, 2.24) is 5.32 Å². The van der Waals surface area contributed by atoms with Crippen LogP contribution in [0, 0.1) is 0 Å². The fourth-order valence-corrected chi connectivity index (χ4v) is 1.92. The molecular formula is C16H21NO2. The number of nitrogens with one attached hydrogen (secondary N) is 1. The number of benzene rings is 1. The van der Waals surface area contributed by atoms with Gasteiger partial charge in [-0.25, -0.2) is 0 Å². The van der Waals surface area contributed by atoms with Crippen LogP contribution in [0.4, 0.5) is 0 Å². The second-order valence-corrected chi connectivity index (χ2v) is 4.46. The molecule has 1 amide bonds.